The maximum atomic E-state index is 12.8. The lowest BCUT2D eigenvalue weighted by Crippen LogP contribution is -2.08. The Morgan fingerprint density at radius 2 is 1.53 bits per heavy atom. The SMILES string of the molecule is Cc1cc(C)c(C(=O)Cc2ccc(F)cc2)c(C)c1. The molecule has 0 heterocycles. The molecule has 0 aliphatic heterocycles. The van der Waals surface area contributed by atoms with Gasteiger partial charge in [0, 0.05) is 12.0 Å². The van der Waals surface area contributed by atoms with Crippen molar-refractivity contribution in [2.24, 2.45) is 0 Å². The molecule has 0 aromatic heterocycles. The maximum Gasteiger partial charge on any atom is 0.167 e. The summed E-state index contributed by atoms with van der Waals surface area (Å²) in [5.41, 5.74) is 4.79. The Morgan fingerprint density at radius 3 is 2.05 bits per heavy atom. The zero-order valence-electron chi connectivity index (χ0n) is 11.5. The standard InChI is InChI=1S/C17H17FO/c1-11-8-12(2)17(13(3)9-11)16(19)10-14-4-6-15(18)7-5-14/h4-9H,10H2,1-3H3. The number of aryl methyl sites for hydroxylation is 3. The number of carbonyl (C=O) groups excluding carboxylic acids is 1. The first-order chi connectivity index (χ1) is 8.97. The first-order valence-corrected chi connectivity index (χ1v) is 6.33. The summed E-state index contributed by atoms with van der Waals surface area (Å²) in [6.07, 6.45) is 0.311. The van der Waals surface area contributed by atoms with E-state index in [1.807, 2.05) is 32.9 Å². The largest absolute Gasteiger partial charge is 0.294 e. The van der Waals surface area contributed by atoms with E-state index in [0.717, 1.165) is 27.8 Å². The van der Waals surface area contributed by atoms with Gasteiger partial charge >= 0.3 is 0 Å². The lowest BCUT2D eigenvalue weighted by Gasteiger charge is -2.10. The van der Waals surface area contributed by atoms with Crippen LogP contribution in [-0.2, 0) is 6.42 Å². The molecule has 2 aromatic carbocycles. The van der Waals surface area contributed by atoms with Crippen molar-refractivity contribution in [2.45, 2.75) is 27.2 Å². The van der Waals surface area contributed by atoms with Crippen molar-refractivity contribution in [3.63, 3.8) is 0 Å². The van der Waals surface area contributed by atoms with Gasteiger partial charge in [0.15, 0.2) is 5.78 Å². The summed E-state index contributed by atoms with van der Waals surface area (Å²) in [6.45, 7) is 5.93. The van der Waals surface area contributed by atoms with Crippen LogP contribution < -0.4 is 0 Å². The van der Waals surface area contributed by atoms with E-state index < -0.39 is 0 Å². The number of carbonyl (C=O) groups is 1. The number of rotatable bonds is 3. The van der Waals surface area contributed by atoms with E-state index >= 15 is 0 Å². The molecule has 0 aliphatic carbocycles. The zero-order valence-corrected chi connectivity index (χ0v) is 11.5. The van der Waals surface area contributed by atoms with E-state index in [9.17, 15) is 9.18 Å². The molecule has 0 bridgehead atoms. The van der Waals surface area contributed by atoms with E-state index in [1.54, 1.807) is 12.1 Å². The highest BCUT2D eigenvalue weighted by Crippen LogP contribution is 2.19. The molecule has 98 valence electrons. The van der Waals surface area contributed by atoms with Crippen LogP contribution >= 0.6 is 0 Å². The predicted octanol–water partition coefficient (Wildman–Crippen LogP) is 4.18. The Kier molecular flexibility index (Phi) is 3.79. The van der Waals surface area contributed by atoms with Gasteiger partial charge in [0.25, 0.3) is 0 Å². The van der Waals surface area contributed by atoms with Crippen LogP contribution in [0.5, 0.6) is 0 Å². The molecule has 0 aliphatic rings. The third-order valence-corrected chi connectivity index (χ3v) is 3.23. The number of halogens is 1. The average Bonchev–Trinajstić information content (AvgIpc) is 2.30. The van der Waals surface area contributed by atoms with Crippen LogP contribution in [0.25, 0.3) is 0 Å². The van der Waals surface area contributed by atoms with Gasteiger partial charge in [-0.15, -0.1) is 0 Å². The fourth-order valence-corrected chi connectivity index (χ4v) is 2.50. The van der Waals surface area contributed by atoms with Gasteiger partial charge in [-0.05, 0) is 49.6 Å². The third-order valence-electron chi connectivity index (χ3n) is 3.23. The monoisotopic (exact) mass is 256 g/mol. The number of ketones is 1. The molecule has 0 spiro atoms. The van der Waals surface area contributed by atoms with Crippen molar-refractivity contribution in [1.82, 2.24) is 0 Å². The van der Waals surface area contributed by atoms with Crippen LogP contribution in [-0.4, -0.2) is 5.78 Å². The van der Waals surface area contributed by atoms with Gasteiger partial charge in [-0.3, -0.25) is 4.79 Å². The Bertz CT molecular complexity index is 589. The van der Waals surface area contributed by atoms with Crippen molar-refractivity contribution in [1.29, 1.82) is 0 Å². The second kappa shape index (κ2) is 5.35. The number of hydrogen-bond acceptors (Lipinski definition) is 1. The van der Waals surface area contributed by atoms with E-state index in [2.05, 4.69) is 0 Å². The number of Topliss-reactive ketones (excluding diaryl/α,β-unsaturated/α-hetero) is 1. The van der Waals surface area contributed by atoms with Gasteiger partial charge in [0.05, 0.1) is 0 Å². The Labute approximate surface area is 113 Å². The molecule has 2 heteroatoms. The van der Waals surface area contributed by atoms with Crippen molar-refractivity contribution >= 4 is 5.78 Å². The van der Waals surface area contributed by atoms with Crippen molar-refractivity contribution in [2.75, 3.05) is 0 Å². The smallest absolute Gasteiger partial charge is 0.167 e. The summed E-state index contributed by atoms with van der Waals surface area (Å²) in [6, 6.07) is 10.1. The first kappa shape index (κ1) is 13.5. The summed E-state index contributed by atoms with van der Waals surface area (Å²) in [4.78, 5) is 12.4. The highest BCUT2D eigenvalue weighted by atomic mass is 19.1. The summed E-state index contributed by atoms with van der Waals surface area (Å²) in [7, 11) is 0. The van der Waals surface area contributed by atoms with E-state index in [4.69, 9.17) is 0 Å². The third kappa shape index (κ3) is 3.08. The fourth-order valence-electron chi connectivity index (χ4n) is 2.50. The quantitative estimate of drug-likeness (QED) is 0.753. The summed E-state index contributed by atoms with van der Waals surface area (Å²) in [5.74, 6) is -0.194. The van der Waals surface area contributed by atoms with Crippen LogP contribution in [0.2, 0.25) is 0 Å². The molecule has 0 radical (unpaired) electrons. The molecule has 0 saturated carbocycles. The predicted molar refractivity (Wildman–Crippen MR) is 75.1 cm³/mol. The molecule has 0 N–H and O–H groups in total. The second-order valence-electron chi connectivity index (χ2n) is 5.00. The van der Waals surface area contributed by atoms with Crippen LogP contribution in [0.4, 0.5) is 4.39 Å². The zero-order chi connectivity index (χ0) is 14.0. The lowest BCUT2D eigenvalue weighted by atomic mass is 9.93. The first-order valence-electron chi connectivity index (χ1n) is 6.33. The molecule has 2 rings (SSSR count). The second-order valence-corrected chi connectivity index (χ2v) is 5.00. The van der Waals surface area contributed by atoms with Gasteiger partial charge in [-0.1, -0.05) is 29.8 Å². The topological polar surface area (TPSA) is 17.1 Å². The highest BCUT2D eigenvalue weighted by Gasteiger charge is 2.13. The molecular weight excluding hydrogens is 239 g/mol. The lowest BCUT2D eigenvalue weighted by molar-refractivity contribution is 0.0992. The molecule has 2 aromatic rings. The van der Waals surface area contributed by atoms with Crippen LogP contribution in [0.1, 0.15) is 32.6 Å². The minimum Gasteiger partial charge on any atom is -0.294 e. The van der Waals surface area contributed by atoms with Gasteiger partial charge in [0.2, 0.25) is 0 Å². The Balaban J connectivity index is 2.28. The van der Waals surface area contributed by atoms with Gasteiger partial charge in [-0.2, -0.15) is 0 Å². The number of benzene rings is 2. The number of hydrogen-bond donors (Lipinski definition) is 0. The van der Waals surface area contributed by atoms with E-state index in [1.165, 1.54) is 12.1 Å². The van der Waals surface area contributed by atoms with Gasteiger partial charge < -0.3 is 0 Å². The van der Waals surface area contributed by atoms with E-state index in [-0.39, 0.29) is 11.6 Å². The molecule has 0 atom stereocenters. The minimum absolute atomic E-state index is 0.0848. The highest BCUT2D eigenvalue weighted by molar-refractivity contribution is 6.00. The van der Waals surface area contributed by atoms with Gasteiger partial charge in [-0.25, -0.2) is 4.39 Å². The van der Waals surface area contributed by atoms with Crippen LogP contribution in [0, 0.1) is 26.6 Å². The summed E-state index contributed by atoms with van der Waals surface area (Å²) < 4.78 is 12.8. The van der Waals surface area contributed by atoms with E-state index in [0.29, 0.717) is 6.42 Å². The fraction of sp³-hybridized carbons (Fsp3) is 0.235. The molecule has 19 heavy (non-hydrogen) atoms. The Morgan fingerprint density at radius 1 is 1.00 bits per heavy atom. The van der Waals surface area contributed by atoms with Gasteiger partial charge in [0.1, 0.15) is 5.82 Å². The molecule has 0 saturated heterocycles. The van der Waals surface area contributed by atoms with Crippen LogP contribution in [0.15, 0.2) is 36.4 Å². The van der Waals surface area contributed by atoms with Crippen molar-refractivity contribution in [3.05, 3.63) is 70.0 Å². The van der Waals surface area contributed by atoms with Crippen molar-refractivity contribution < 1.29 is 9.18 Å². The minimum atomic E-state index is -0.279. The molecule has 0 amide bonds. The molecule has 0 unspecified atom stereocenters. The summed E-state index contributed by atoms with van der Waals surface area (Å²) in [5, 5.41) is 0. The maximum absolute atomic E-state index is 12.8. The normalized spacial score (nSPS) is 10.5. The molecule has 1 nitrogen and oxygen atoms in total. The molecular formula is C17H17FO. The van der Waals surface area contributed by atoms with Crippen LogP contribution in [0.3, 0.4) is 0 Å². The summed E-state index contributed by atoms with van der Waals surface area (Å²) >= 11 is 0. The molecule has 0 fully saturated rings. The average molecular weight is 256 g/mol. The Hall–Kier alpha value is -1.96. The van der Waals surface area contributed by atoms with Crippen molar-refractivity contribution in [3.8, 4) is 0 Å².